The molecule has 0 bridgehead atoms. The number of aliphatic carboxylic acids is 1. The van der Waals surface area contributed by atoms with E-state index in [9.17, 15) is 19.8 Å². The molecular weight excluding hydrogens is 261 g/mol. The molecule has 0 fully saturated rings. The summed E-state index contributed by atoms with van der Waals surface area (Å²) in [7, 11) is 0. The second-order valence-electron chi connectivity index (χ2n) is 4.01. The van der Waals surface area contributed by atoms with Crippen molar-refractivity contribution in [1.82, 2.24) is 5.32 Å². The van der Waals surface area contributed by atoms with Crippen molar-refractivity contribution in [2.45, 2.75) is 32.0 Å². The van der Waals surface area contributed by atoms with Crippen molar-refractivity contribution in [3.63, 3.8) is 0 Å². The second kappa shape index (κ2) is 8.23. The normalized spacial score (nSPS) is 21.9. The molecule has 0 spiro atoms. The molecule has 0 aliphatic heterocycles. The number of ether oxygens (including phenoxy) is 1. The van der Waals surface area contributed by atoms with Crippen LogP contribution in [-0.4, -0.2) is 35.9 Å². The molecule has 0 heterocycles. The molecule has 1 rings (SSSR count). The van der Waals surface area contributed by atoms with Crippen LogP contribution in [0, 0.1) is 12.3 Å². The number of hydrogen-bond acceptors (Lipinski definition) is 5. The van der Waals surface area contributed by atoms with Gasteiger partial charge in [0.15, 0.2) is 0 Å². The average molecular weight is 275 g/mol. The molecule has 0 unspecified atom stereocenters. The maximum Gasteiger partial charge on any atom is 1.00 e. The summed E-state index contributed by atoms with van der Waals surface area (Å²) >= 11 is 0. The molecule has 0 aromatic carbocycles. The van der Waals surface area contributed by atoms with Crippen LogP contribution in [0.15, 0.2) is 11.1 Å². The number of alkyl carbamates (subject to hydrolysis) is 1. The van der Waals surface area contributed by atoms with Crippen LogP contribution in [0.1, 0.15) is 19.8 Å². The molecule has 1 aliphatic carbocycles. The van der Waals surface area contributed by atoms with E-state index in [4.69, 9.17) is 11.2 Å². The number of hydrogen-bond donors (Lipinski definition) is 2. The van der Waals surface area contributed by atoms with Crippen molar-refractivity contribution in [1.29, 1.82) is 0 Å². The first-order chi connectivity index (χ1) is 8.43. The van der Waals surface area contributed by atoms with Crippen LogP contribution in [0.25, 0.3) is 0 Å². The molecule has 0 aromatic rings. The first-order valence-electron chi connectivity index (χ1n) is 5.42. The molecule has 0 saturated carbocycles. The smallest absolute Gasteiger partial charge is 0.548 e. The van der Waals surface area contributed by atoms with Gasteiger partial charge in [-0.2, -0.15) is 0 Å². The van der Waals surface area contributed by atoms with Gasteiger partial charge < -0.3 is 25.1 Å². The fourth-order valence-electron chi connectivity index (χ4n) is 1.70. The number of rotatable bonds is 3. The number of terminal acetylenes is 1. The van der Waals surface area contributed by atoms with Crippen LogP contribution in [-0.2, 0) is 9.53 Å². The number of nitrogens with one attached hydrogen (secondary N) is 1. The number of carboxylic acid groups (broad SMARTS) is 1. The zero-order valence-electron chi connectivity index (χ0n) is 10.9. The van der Waals surface area contributed by atoms with Gasteiger partial charge in [-0.3, -0.25) is 0 Å². The quantitative estimate of drug-likeness (QED) is 0.403. The van der Waals surface area contributed by atoms with E-state index in [1.807, 2.05) is 5.32 Å². The molecule has 2 N–H and O–H groups in total. The number of aliphatic hydroxyl groups excluding tert-OH is 1. The second-order valence-corrected chi connectivity index (χ2v) is 4.01. The third kappa shape index (κ3) is 5.66. The van der Waals surface area contributed by atoms with Crippen LogP contribution >= 0.6 is 0 Å². The van der Waals surface area contributed by atoms with E-state index < -0.39 is 30.8 Å². The van der Waals surface area contributed by atoms with Crippen LogP contribution in [0.3, 0.4) is 0 Å². The number of amides is 1. The fraction of sp³-hybridized carbons (Fsp3) is 0.500. The van der Waals surface area contributed by atoms with Crippen molar-refractivity contribution < 1.29 is 54.1 Å². The zero-order valence-corrected chi connectivity index (χ0v) is 12.9. The van der Waals surface area contributed by atoms with Gasteiger partial charge in [0, 0.05) is 18.4 Å². The summed E-state index contributed by atoms with van der Waals surface area (Å²) in [5, 5.41) is 21.9. The van der Waals surface area contributed by atoms with E-state index >= 15 is 0 Å². The third-order valence-corrected chi connectivity index (χ3v) is 2.72. The van der Waals surface area contributed by atoms with E-state index in [2.05, 4.69) is 5.92 Å². The van der Waals surface area contributed by atoms with Gasteiger partial charge in [0.1, 0.15) is 6.10 Å². The molecule has 1 aliphatic rings. The first-order valence-corrected chi connectivity index (χ1v) is 5.42. The van der Waals surface area contributed by atoms with E-state index in [1.165, 1.54) is 0 Å². The number of carbonyl (C=O) groups excluding carboxylic acids is 2. The number of aliphatic hydroxyl groups is 1. The van der Waals surface area contributed by atoms with Crippen LogP contribution in [0.2, 0.25) is 0 Å². The minimum absolute atomic E-state index is 0. The first kappa shape index (κ1) is 18.0. The Kier molecular flexibility index (Phi) is 7.79. The van der Waals surface area contributed by atoms with Gasteiger partial charge in [-0.05, 0) is 12.5 Å². The molecule has 2 atom stereocenters. The average Bonchev–Trinajstić information content (AvgIpc) is 2.31. The summed E-state index contributed by atoms with van der Waals surface area (Å²) in [5.74, 6) is 1.03. The predicted octanol–water partition coefficient (Wildman–Crippen LogP) is -4.06. The van der Waals surface area contributed by atoms with Gasteiger partial charge in [-0.1, -0.05) is 5.92 Å². The molecule has 0 radical (unpaired) electrons. The van der Waals surface area contributed by atoms with Crippen molar-refractivity contribution in [3.8, 4) is 12.3 Å². The molecule has 1 amide bonds. The van der Waals surface area contributed by atoms with Crippen molar-refractivity contribution in [3.05, 3.63) is 11.1 Å². The molecule has 98 valence electrons. The van der Waals surface area contributed by atoms with Gasteiger partial charge in [-0.15, -0.1) is 6.42 Å². The molecule has 6 nitrogen and oxygen atoms in total. The topological polar surface area (TPSA) is 98.7 Å². The SMILES string of the molecule is C#CC1=C(C)[C@@H](O)C[C@H](OC(=O)NCC(=O)[O-])C1.[Na+]. The fourth-order valence-corrected chi connectivity index (χ4v) is 1.70. The maximum absolute atomic E-state index is 11.2. The Labute approximate surface area is 133 Å². The predicted molar refractivity (Wildman–Crippen MR) is 60.1 cm³/mol. The summed E-state index contributed by atoms with van der Waals surface area (Å²) < 4.78 is 4.96. The minimum atomic E-state index is -1.41. The van der Waals surface area contributed by atoms with Gasteiger partial charge in [-0.25, -0.2) is 4.79 Å². The Bertz CT molecular complexity index is 426. The summed E-state index contributed by atoms with van der Waals surface area (Å²) in [6, 6.07) is 0. The van der Waals surface area contributed by atoms with Gasteiger partial charge in [0.05, 0.1) is 18.6 Å². The van der Waals surface area contributed by atoms with Gasteiger partial charge in [0.25, 0.3) is 0 Å². The summed E-state index contributed by atoms with van der Waals surface area (Å²) in [4.78, 5) is 21.4. The Morgan fingerprint density at radius 1 is 1.63 bits per heavy atom. The zero-order chi connectivity index (χ0) is 13.7. The largest absolute Gasteiger partial charge is 1.00 e. The van der Waals surface area contributed by atoms with E-state index in [0.29, 0.717) is 17.6 Å². The van der Waals surface area contributed by atoms with Crippen LogP contribution in [0.5, 0.6) is 0 Å². The standard InChI is InChI=1S/C12H15NO5.Na/c1-3-8-4-9(5-10(14)7(8)2)18-12(17)13-6-11(15)16;/h1,9-10,14H,4-6H2,2H3,(H,13,17)(H,15,16);/q;+1/p-1/t9-,10+;/m1./s1. The maximum atomic E-state index is 11.2. The molecular formula is C12H14NNaO5. The molecule has 7 heteroatoms. The molecule has 0 saturated heterocycles. The van der Waals surface area contributed by atoms with Crippen molar-refractivity contribution in [2.24, 2.45) is 0 Å². The third-order valence-electron chi connectivity index (χ3n) is 2.72. The van der Waals surface area contributed by atoms with E-state index in [0.717, 1.165) is 0 Å². The van der Waals surface area contributed by atoms with Gasteiger partial charge in [0.2, 0.25) is 0 Å². The Hall–Kier alpha value is -1.00. The Morgan fingerprint density at radius 2 is 2.26 bits per heavy atom. The Balaban J connectivity index is 0.00000324. The molecule has 19 heavy (non-hydrogen) atoms. The summed E-state index contributed by atoms with van der Waals surface area (Å²) in [6.07, 6.45) is 3.70. The Morgan fingerprint density at radius 3 is 2.79 bits per heavy atom. The molecule has 0 aromatic heterocycles. The number of carboxylic acids is 1. The van der Waals surface area contributed by atoms with Crippen molar-refractivity contribution >= 4 is 12.1 Å². The van der Waals surface area contributed by atoms with Crippen molar-refractivity contribution in [2.75, 3.05) is 6.54 Å². The summed E-state index contributed by atoms with van der Waals surface area (Å²) in [6.45, 7) is 1.11. The van der Waals surface area contributed by atoms with E-state index in [-0.39, 0.29) is 36.0 Å². The number of carbonyl (C=O) groups is 2. The van der Waals surface area contributed by atoms with Gasteiger partial charge >= 0.3 is 35.7 Å². The van der Waals surface area contributed by atoms with Crippen LogP contribution in [0.4, 0.5) is 4.79 Å². The summed E-state index contributed by atoms with van der Waals surface area (Å²) in [5.41, 5.74) is 1.30. The monoisotopic (exact) mass is 275 g/mol. The van der Waals surface area contributed by atoms with E-state index in [1.54, 1.807) is 6.92 Å². The minimum Gasteiger partial charge on any atom is -0.548 e. The van der Waals surface area contributed by atoms with Crippen LogP contribution < -0.4 is 40.0 Å².